The van der Waals surface area contributed by atoms with Gasteiger partial charge in [0.25, 0.3) is 0 Å². The van der Waals surface area contributed by atoms with Gasteiger partial charge in [0.2, 0.25) is 0 Å². The third-order valence-electron chi connectivity index (χ3n) is 4.28. The Balaban J connectivity index is 1.95. The average Bonchev–Trinajstić information content (AvgIpc) is 2.42. The SMILES string of the molecule is COc1ccc2c(c1)[C@H](O)CC1(CCCSC1C)O2. The summed E-state index contributed by atoms with van der Waals surface area (Å²) in [7, 11) is 1.64. The second-order valence-corrected chi connectivity index (χ2v) is 6.86. The summed E-state index contributed by atoms with van der Waals surface area (Å²) in [4.78, 5) is 0. The lowest BCUT2D eigenvalue weighted by Gasteiger charge is -2.46. The van der Waals surface area contributed by atoms with E-state index in [2.05, 4.69) is 6.92 Å². The topological polar surface area (TPSA) is 38.7 Å². The monoisotopic (exact) mass is 280 g/mol. The van der Waals surface area contributed by atoms with Gasteiger partial charge in [0.1, 0.15) is 17.1 Å². The van der Waals surface area contributed by atoms with Crippen LogP contribution >= 0.6 is 11.8 Å². The lowest BCUT2D eigenvalue weighted by molar-refractivity contribution is -0.0213. The average molecular weight is 280 g/mol. The quantitative estimate of drug-likeness (QED) is 0.857. The summed E-state index contributed by atoms with van der Waals surface area (Å²) in [6.07, 6.45) is 2.41. The Kier molecular flexibility index (Phi) is 3.39. The standard InChI is InChI=1S/C15H20O3S/c1-10-15(6-3-7-19-10)9-13(16)12-8-11(17-2)4-5-14(12)18-15/h4-5,8,10,13,16H,3,6-7,9H2,1-2H3/t10?,13-,15?/m1/s1. The highest BCUT2D eigenvalue weighted by Gasteiger charge is 2.46. The zero-order valence-electron chi connectivity index (χ0n) is 11.4. The molecule has 2 heterocycles. The first kappa shape index (κ1) is 13.1. The van der Waals surface area contributed by atoms with Crippen LogP contribution in [0.15, 0.2) is 18.2 Å². The molecule has 3 atom stereocenters. The van der Waals surface area contributed by atoms with E-state index in [-0.39, 0.29) is 5.60 Å². The van der Waals surface area contributed by atoms with Crippen molar-refractivity contribution in [3.63, 3.8) is 0 Å². The Morgan fingerprint density at radius 3 is 3.05 bits per heavy atom. The number of hydrogen-bond acceptors (Lipinski definition) is 4. The summed E-state index contributed by atoms with van der Waals surface area (Å²) in [6, 6.07) is 5.70. The highest BCUT2D eigenvalue weighted by atomic mass is 32.2. The minimum absolute atomic E-state index is 0.204. The van der Waals surface area contributed by atoms with Gasteiger partial charge in [-0.25, -0.2) is 0 Å². The first-order valence-electron chi connectivity index (χ1n) is 6.81. The van der Waals surface area contributed by atoms with Crippen LogP contribution in [0.5, 0.6) is 11.5 Å². The molecule has 1 fully saturated rings. The van der Waals surface area contributed by atoms with Crippen molar-refractivity contribution in [3.8, 4) is 11.5 Å². The summed E-state index contributed by atoms with van der Waals surface area (Å²) in [6.45, 7) is 2.21. The van der Waals surface area contributed by atoms with Gasteiger partial charge in [0.15, 0.2) is 0 Å². The van der Waals surface area contributed by atoms with Gasteiger partial charge in [-0.05, 0) is 43.7 Å². The number of aliphatic hydroxyl groups excluding tert-OH is 1. The van der Waals surface area contributed by atoms with Gasteiger partial charge in [-0.2, -0.15) is 11.8 Å². The molecule has 4 heteroatoms. The Hall–Kier alpha value is -0.870. The Morgan fingerprint density at radius 1 is 1.47 bits per heavy atom. The highest BCUT2D eigenvalue weighted by molar-refractivity contribution is 8.00. The van der Waals surface area contributed by atoms with Crippen molar-refractivity contribution in [1.82, 2.24) is 0 Å². The molecule has 1 N–H and O–H groups in total. The van der Waals surface area contributed by atoms with Crippen LogP contribution in [0.2, 0.25) is 0 Å². The van der Waals surface area contributed by atoms with Gasteiger partial charge in [-0.1, -0.05) is 0 Å². The molecular weight excluding hydrogens is 260 g/mol. The molecule has 2 aliphatic rings. The molecule has 3 rings (SSSR count). The van der Waals surface area contributed by atoms with Crippen LogP contribution in [0.3, 0.4) is 0 Å². The predicted molar refractivity (Wildman–Crippen MR) is 77.1 cm³/mol. The summed E-state index contributed by atoms with van der Waals surface area (Å²) < 4.78 is 11.5. The summed E-state index contributed by atoms with van der Waals surface area (Å²) in [5.74, 6) is 2.77. The second kappa shape index (κ2) is 4.91. The fraction of sp³-hybridized carbons (Fsp3) is 0.600. The maximum absolute atomic E-state index is 10.5. The van der Waals surface area contributed by atoms with E-state index in [0.29, 0.717) is 11.7 Å². The maximum Gasteiger partial charge on any atom is 0.126 e. The van der Waals surface area contributed by atoms with E-state index in [1.54, 1.807) is 7.11 Å². The number of fused-ring (bicyclic) bond motifs is 1. The summed E-state index contributed by atoms with van der Waals surface area (Å²) >= 11 is 1.95. The Bertz CT molecular complexity index is 476. The van der Waals surface area contributed by atoms with Gasteiger partial charge < -0.3 is 14.6 Å². The van der Waals surface area contributed by atoms with Crippen molar-refractivity contribution < 1.29 is 14.6 Å². The van der Waals surface area contributed by atoms with E-state index in [9.17, 15) is 5.11 Å². The van der Waals surface area contributed by atoms with Gasteiger partial charge in [-0.15, -0.1) is 0 Å². The lowest BCUT2D eigenvalue weighted by Crippen LogP contribution is -2.50. The van der Waals surface area contributed by atoms with Crippen molar-refractivity contribution in [3.05, 3.63) is 23.8 Å². The minimum atomic E-state index is -0.458. The minimum Gasteiger partial charge on any atom is -0.497 e. The van der Waals surface area contributed by atoms with Crippen LogP contribution < -0.4 is 9.47 Å². The second-order valence-electron chi connectivity index (χ2n) is 5.41. The maximum atomic E-state index is 10.5. The van der Waals surface area contributed by atoms with Crippen molar-refractivity contribution >= 4 is 11.8 Å². The number of methoxy groups -OCH3 is 1. The molecular formula is C15H20O3S. The van der Waals surface area contributed by atoms with E-state index >= 15 is 0 Å². The smallest absolute Gasteiger partial charge is 0.126 e. The van der Waals surface area contributed by atoms with Crippen LogP contribution in [0, 0.1) is 0 Å². The number of aliphatic hydroxyl groups is 1. The first-order chi connectivity index (χ1) is 9.14. The van der Waals surface area contributed by atoms with Crippen molar-refractivity contribution in [2.24, 2.45) is 0 Å². The number of benzene rings is 1. The highest BCUT2D eigenvalue weighted by Crippen LogP contribution is 2.48. The van der Waals surface area contributed by atoms with Crippen molar-refractivity contribution in [2.75, 3.05) is 12.9 Å². The van der Waals surface area contributed by atoms with Crippen LogP contribution in [0.4, 0.5) is 0 Å². The number of ether oxygens (including phenoxy) is 2. The van der Waals surface area contributed by atoms with Crippen molar-refractivity contribution in [2.45, 2.75) is 43.1 Å². The molecule has 1 spiro atoms. The van der Waals surface area contributed by atoms with Gasteiger partial charge in [-0.3, -0.25) is 0 Å². The van der Waals surface area contributed by atoms with Gasteiger partial charge in [0, 0.05) is 17.2 Å². The first-order valence-corrected chi connectivity index (χ1v) is 7.86. The van der Waals surface area contributed by atoms with Crippen LogP contribution in [-0.2, 0) is 0 Å². The third kappa shape index (κ3) is 2.21. The normalized spacial score (nSPS) is 33.6. The predicted octanol–water partition coefficient (Wildman–Crippen LogP) is 3.17. The van der Waals surface area contributed by atoms with Crippen molar-refractivity contribution in [1.29, 1.82) is 0 Å². The molecule has 0 aliphatic carbocycles. The lowest BCUT2D eigenvalue weighted by atomic mass is 9.83. The zero-order chi connectivity index (χ0) is 13.5. The van der Waals surface area contributed by atoms with E-state index in [0.717, 1.165) is 29.9 Å². The zero-order valence-corrected chi connectivity index (χ0v) is 12.2. The molecule has 0 bridgehead atoms. The molecule has 19 heavy (non-hydrogen) atoms. The molecule has 1 aromatic carbocycles. The molecule has 1 saturated heterocycles. The molecule has 1 aromatic rings. The molecule has 3 nitrogen and oxygen atoms in total. The Morgan fingerprint density at radius 2 is 2.32 bits per heavy atom. The molecule has 0 saturated carbocycles. The number of hydrogen-bond donors (Lipinski definition) is 1. The van der Waals surface area contributed by atoms with E-state index < -0.39 is 6.10 Å². The van der Waals surface area contributed by atoms with Crippen LogP contribution in [0.1, 0.15) is 37.9 Å². The summed E-state index contributed by atoms with van der Waals surface area (Å²) in [5, 5.41) is 10.9. The van der Waals surface area contributed by atoms with Gasteiger partial charge >= 0.3 is 0 Å². The van der Waals surface area contributed by atoms with Crippen LogP contribution in [0.25, 0.3) is 0 Å². The Labute approximate surface area is 118 Å². The molecule has 0 amide bonds. The summed E-state index contributed by atoms with van der Waals surface area (Å²) in [5.41, 5.74) is 0.650. The fourth-order valence-electron chi connectivity index (χ4n) is 3.09. The molecule has 2 unspecified atom stereocenters. The van der Waals surface area contributed by atoms with E-state index in [4.69, 9.17) is 9.47 Å². The van der Waals surface area contributed by atoms with Crippen LogP contribution in [-0.4, -0.2) is 28.8 Å². The van der Waals surface area contributed by atoms with E-state index in [1.165, 1.54) is 5.75 Å². The third-order valence-corrected chi connectivity index (χ3v) is 5.74. The molecule has 0 radical (unpaired) electrons. The molecule has 2 aliphatic heterocycles. The van der Waals surface area contributed by atoms with Gasteiger partial charge in [0.05, 0.1) is 13.2 Å². The number of thioether (sulfide) groups is 1. The van der Waals surface area contributed by atoms with E-state index in [1.807, 2.05) is 30.0 Å². The largest absolute Gasteiger partial charge is 0.497 e. The molecule has 0 aromatic heterocycles. The molecule has 104 valence electrons. The number of rotatable bonds is 1. The fourth-order valence-corrected chi connectivity index (χ4v) is 4.32.